The van der Waals surface area contributed by atoms with Crippen molar-refractivity contribution in [1.29, 1.82) is 0 Å². The molecule has 2 aromatic carbocycles. The Bertz CT molecular complexity index is 803. The summed E-state index contributed by atoms with van der Waals surface area (Å²) in [5, 5.41) is 9.76. The van der Waals surface area contributed by atoms with Crippen molar-refractivity contribution in [3.05, 3.63) is 71.4 Å². The molecule has 1 aromatic heterocycles. The van der Waals surface area contributed by atoms with Gasteiger partial charge in [0.1, 0.15) is 0 Å². The monoisotopic (exact) mass is 343 g/mol. The van der Waals surface area contributed by atoms with Crippen LogP contribution in [0.5, 0.6) is 0 Å². The molecule has 1 heterocycles. The third-order valence-corrected chi connectivity index (χ3v) is 3.57. The van der Waals surface area contributed by atoms with Gasteiger partial charge in [-0.25, -0.2) is 4.79 Å². The molecule has 0 fully saturated rings. The molecule has 7 heteroatoms. The molecule has 0 saturated carbocycles. The number of amides is 2. The van der Waals surface area contributed by atoms with Gasteiger partial charge < -0.3 is 5.32 Å². The van der Waals surface area contributed by atoms with Crippen LogP contribution in [-0.2, 0) is 13.0 Å². The SMILES string of the molecule is O=C(Nc1ccc(Cl)cc1)Nc1c[n+](CCc2ccccc2)no1. The number of hydrogen-bond donors (Lipinski definition) is 2. The molecule has 3 rings (SSSR count). The van der Waals surface area contributed by atoms with Crippen LogP contribution in [0.3, 0.4) is 0 Å². The second-order valence-corrected chi connectivity index (χ2v) is 5.59. The van der Waals surface area contributed by atoms with Gasteiger partial charge in [-0.05, 0) is 29.8 Å². The molecule has 0 saturated heterocycles. The third-order valence-electron chi connectivity index (χ3n) is 3.32. The van der Waals surface area contributed by atoms with Crippen LogP contribution in [0.1, 0.15) is 5.56 Å². The molecule has 0 aliphatic rings. The van der Waals surface area contributed by atoms with Gasteiger partial charge in [-0.3, -0.25) is 9.84 Å². The van der Waals surface area contributed by atoms with Crippen LogP contribution < -0.4 is 15.3 Å². The lowest BCUT2D eigenvalue weighted by atomic mass is 10.1. The predicted octanol–water partition coefficient (Wildman–Crippen LogP) is 3.50. The zero-order valence-corrected chi connectivity index (χ0v) is 13.5. The molecule has 0 atom stereocenters. The van der Waals surface area contributed by atoms with E-state index >= 15 is 0 Å². The van der Waals surface area contributed by atoms with Crippen molar-refractivity contribution in [1.82, 2.24) is 5.27 Å². The summed E-state index contributed by atoms with van der Waals surface area (Å²) in [6, 6.07) is 16.5. The van der Waals surface area contributed by atoms with Gasteiger partial charge in [0.15, 0.2) is 6.54 Å². The lowest BCUT2D eigenvalue weighted by molar-refractivity contribution is -0.761. The van der Waals surface area contributed by atoms with Gasteiger partial charge in [0.05, 0.1) is 0 Å². The molecule has 0 bridgehead atoms. The quantitative estimate of drug-likeness (QED) is 0.696. The minimum absolute atomic E-state index is 0.273. The fourth-order valence-electron chi connectivity index (χ4n) is 2.14. The second-order valence-electron chi connectivity index (χ2n) is 5.15. The highest BCUT2D eigenvalue weighted by Gasteiger charge is 2.14. The second kappa shape index (κ2) is 7.61. The summed E-state index contributed by atoms with van der Waals surface area (Å²) in [6.07, 6.45) is 2.47. The molecule has 6 nitrogen and oxygen atoms in total. The van der Waals surface area contributed by atoms with E-state index in [1.807, 2.05) is 18.2 Å². The molecular formula is C17H16ClN4O2+. The van der Waals surface area contributed by atoms with E-state index in [9.17, 15) is 4.79 Å². The first-order valence-electron chi connectivity index (χ1n) is 7.43. The van der Waals surface area contributed by atoms with Crippen LogP contribution >= 0.6 is 11.6 Å². The van der Waals surface area contributed by atoms with E-state index in [0.717, 1.165) is 6.42 Å². The maximum absolute atomic E-state index is 11.9. The van der Waals surface area contributed by atoms with Crippen LogP contribution in [0.25, 0.3) is 0 Å². The first kappa shape index (κ1) is 16.0. The van der Waals surface area contributed by atoms with Crippen molar-refractivity contribution in [3.63, 3.8) is 0 Å². The van der Waals surface area contributed by atoms with E-state index < -0.39 is 6.03 Å². The van der Waals surface area contributed by atoms with Crippen molar-refractivity contribution in [2.24, 2.45) is 0 Å². The normalized spacial score (nSPS) is 10.4. The summed E-state index contributed by atoms with van der Waals surface area (Å²) in [7, 11) is 0. The number of nitrogens with zero attached hydrogens (tertiary/aromatic N) is 2. The maximum atomic E-state index is 11.9. The van der Waals surface area contributed by atoms with Crippen LogP contribution in [0.2, 0.25) is 5.02 Å². The average Bonchev–Trinajstić information content (AvgIpc) is 3.03. The highest BCUT2D eigenvalue weighted by atomic mass is 35.5. The molecule has 3 aromatic rings. The standard InChI is InChI=1S/C17H15ClN4O2/c18-14-6-8-15(9-7-14)19-17(23)20-16-12-22(21-24-16)11-10-13-4-2-1-3-5-13/h1-9,12H,10-11H2,(H-,19,20,21,23)/p+1. The molecule has 0 spiro atoms. The number of carbonyl (C=O) groups excluding carboxylic acids is 1. The predicted molar refractivity (Wildman–Crippen MR) is 90.9 cm³/mol. The fraction of sp³-hybridized carbons (Fsp3) is 0.118. The molecule has 0 radical (unpaired) electrons. The molecule has 0 unspecified atom stereocenters. The Kier molecular flexibility index (Phi) is 5.08. The zero-order valence-electron chi connectivity index (χ0n) is 12.8. The van der Waals surface area contributed by atoms with Gasteiger partial charge in [-0.2, -0.15) is 0 Å². The van der Waals surface area contributed by atoms with E-state index in [2.05, 4.69) is 28.0 Å². The summed E-state index contributed by atoms with van der Waals surface area (Å²) in [6.45, 7) is 0.661. The minimum Gasteiger partial charge on any atom is -0.308 e. The maximum Gasteiger partial charge on any atom is 0.326 e. The van der Waals surface area contributed by atoms with Gasteiger partial charge in [0.25, 0.3) is 6.20 Å². The number of benzene rings is 2. The highest BCUT2D eigenvalue weighted by molar-refractivity contribution is 6.30. The topological polar surface area (TPSA) is 71.0 Å². The molecule has 122 valence electrons. The van der Waals surface area contributed by atoms with Crippen LogP contribution in [0.15, 0.2) is 65.3 Å². The fourth-order valence-corrected chi connectivity index (χ4v) is 2.26. The Morgan fingerprint density at radius 1 is 1.08 bits per heavy atom. The number of nitrogens with one attached hydrogen (secondary N) is 2. The Hall–Kier alpha value is -2.86. The van der Waals surface area contributed by atoms with Gasteiger partial charge in [-0.1, -0.05) is 46.6 Å². The van der Waals surface area contributed by atoms with E-state index in [4.69, 9.17) is 16.1 Å². The number of urea groups is 1. The number of aryl methyl sites for hydroxylation is 2. The lowest BCUT2D eigenvalue weighted by Crippen LogP contribution is -2.35. The zero-order chi connectivity index (χ0) is 16.8. The first-order valence-corrected chi connectivity index (χ1v) is 7.81. The van der Waals surface area contributed by atoms with Gasteiger partial charge in [-0.15, -0.1) is 0 Å². The summed E-state index contributed by atoms with van der Waals surface area (Å²) < 4.78 is 6.74. The smallest absolute Gasteiger partial charge is 0.308 e. The Morgan fingerprint density at radius 3 is 2.58 bits per heavy atom. The van der Waals surface area contributed by atoms with Crippen molar-refractivity contribution >= 4 is 29.2 Å². The Morgan fingerprint density at radius 2 is 1.83 bits per heavy atom. The van der Waals surface area contributed by atoms with E-state index in [-0.39, 0.29) is 5.88 Å². The largest absolute Gasteiger partial charge is 0.326 e. The summed E-state index contributed by atoms with van der Waals surface area (Å²) in [4.78, 5) is 11.9. The number of rotatable bonds is 5. The number of aromatic nitrogens is 2. The molecule has 2 amide bonds. The molecule has 2 N–H and O–H groups in total. The number of anilines is 2. The van der Waals surface area contributed by atoms with E-state index in [1.54, 1.807) is 35.1 Å². The molecular weight excluding hydrogens is 328 g/mol. The van der Waals surface area contributed by atoms with Crippen LogP contribution in [0.4, 0.5) is 16.4 Å². The number of carbonyl (C=O) groups is 1. The van der Waals surface area contributed by atoms with E-state index in [0.29, 0.717) is 17.3 Å². The summed E-state index contributed by atoms with van der Waals surface area (Å²) in [5.74, 6) is 0.273. The average molecular weight is 344 g/mol. The Balaban J connectivity index is 1.51. The highest BCUT2D eigenvalue weighted by Crippen LogP contribution is 2.13. The van der Waals surface area contributed by atoms with Crippen molar-refractivity contribution < 1.29 is 14.0 Å². The first-order chi connectivity index (χ1) is 11.7. The Labute approximate surface area is 144 Å². The van der Waals surface area contributed by atoms with E-state index in [1.165, 1.54) is 5.56 Å². The van der Waals surface area contributed by atoms with Crippen molar-refractivity contribution in [3.8, 4) is 0 Å². The number of hydrogen-bond acceptors (Lipinski definition) is 3. The number of halogens is 1. The van der Waals surface area contributed by atoms with Crippen molar-refractivity contribution in [2.75, 3.05) is 10.6 Å². The van der Waals surface area contributed by atoms with Gasteiger partial charge in [0, 0.05) is 17.1 Å². The van der Waals surface area contributed by atoms with Crippen LogP contribution in [0, 0.1) is 0 Å². The van der Waals surface area contributed by atoms with Gasteiger partial charge >= 0.3 is 11.9 Å². The van der Waals surface area contributed by atoms with Crippen molar-refractivity contribution in [2.45, 2.75) is 13.0 Å². The summed E-state index contributed by atoms with van der Waals surface area (Å²) in [5.41, 5.74) is 1.84. The van der Waals surface area contributed by atoms with Gasteiger partial charge in [0.2, 0.25) is 5.27 Å². The van der Waals surface area contributed by atoms with Crippen LogP contribution in [-0.4, -0.2) is 11.3 Å². The summed E-state index contributed by atoms with van der Waals surface area (Å²) >= 11 is 5.80. The third kappa shape index (κ3) is 4.57. The lowest BCUT2D eigenvalue weighted by Gasteiger charge is -2.03. The minimum atomic E-state index is -0.413. The molecule has 24 heavy (non-hydrogen) atoms. The molecule has 0 aliphatic heterocycles. The molecule has 0 aliphatic carbocycles.